The van der Waals surface area contributed by atoms with Gasteiger partial charge in [-0.15, -0.1) is 12.3 Å². The molecule has 1 atom stereocenters. The highest BCUT2D eigenvalue weighted by Crippen LogP contribution is 2.36. The minimum atomic E-state index is -4.52. The highest BCUT2D eigenvalue weighted by atomic mass is 19.4. The lowest BCUT2D eigenvalue weighted by Gasteiger charge is -2.12. The molecule has 4 nitrogen and oxygen atoms in total. The van der Waals surface area contributed by atoms with Gasteiger partial charge in [0.1, 0.15) is 0 Å². The van der Waals surface area contributed by atoms with Crippen molar-refractivity contribution in [1.82, 2.24) is 4.98 Å². The van der Waals surface area contributed by atoms with E-state index in [0.29, 0.717) is 0 Å². The number of H-pyrrole nitrogens is 1. The molecule has 0 saturated carbocycles. The van der Waals surface area contributed by atoms with Crippen molar-refractivity contribution in [3.05, 3.63) is 47.7 Å². The van der Waals surface area contributed by atoms with E-state index in [1.54, 1.807) is 0 Å². The summed E-state index contributed by atoms with van der Waals surface area (Å²) in [6.45, 7) is 0. The summed E-state index contributed by atoms with van der Waals surface area (Å²) < 4.78 is 44.0. The number of rotatable bonds is 6. The molecular formula is C19H16F3NO3. The summed E-state index contributed by atoms with van der Waals surface area (Å²) in [5.74, 6) is 0.463. The van der Waals surface area contributed by atoms with E-state index in [2.05, 4.69) is 15.6 Å². The lowest BCUT2D eigenvalue weighted by atomic mass is 9.98. The fraction of sp³-hybridized carbons (Fsp3) is 0.263. The Bertz CT molecular complexity index is 846. The van der Waals surface area contributed by atoms with Gasteiger partial charge in [0.2, 0.25) is 0 Å². The van der Waals surface area contributed by atoms with Gasteiger partial charge in [0.15, 0.2) is 5.78 Å². The van der Waals surface area contributed by atoms with Crippen LogP contribution in [0.3, 0.4) is 0 Å². The smallest absolute Gasteiger partial charge is 0.417 e. The largest absolute Gasteiger partial charge is 0.469 e. The topological polar surface area (TPSA) is 59.2 Å². The zero-order chi connectivity index (χ0) is 19.3. The Morgan fingerprint density at radius 2 is 1.92 bits per heavy atom. The zero-order valence-electron chi connectivity index (χ0n) is 13.9. The van der Waals surface area contributed by atoms with E-state index in [1.807, 2.05) is 0 Å². The average Bonchev–Trinajstić information content (AvgIpc) is 3.10. The van der Waals surface area contributed by atoms with Crippen molar-refractivity contribution in [3.8, 4) is 23.6 Å². The summed E-state index contributed by atoms with van der Waals surface area (Å²) in [5, 5.41) is 0. The number of halogens is 3. The first kappa shape index (κ1) is 19.3. The Kier molecular flexibility index (Phi) is 5.88. The molecule has 0 amide bonds. The summed E-state index contributed by atoms with van der Waals surface area (Å²) >= 11 is 0. The van der Waals surface area contributed by atoms with E-state index >= 15 is 0 Å². The van der Waals surface area contributed by atoms with Crippen LogP contribution in [0.5, 0.6) is 0 Å². The first-order chi connectivity index (χ1) is 12.3. The molecule has 0 spiro atoms. The lowest BCUT2D eigenvalue weighted by molar-refractivity contribution is -0.145. The van der Waals surface area contributed by atoms with Gasteiger partial charge in [0.05, 0.1) is 24.3 Å². The van der Waals surface area contributed by atoms with E-state index < -0.39 is 29.4 Å². The molecule has 0 aliphatic carbocycles. The van der Waals surface area contributed by atoms with Crippen molar-refractivity contribution in [1.29, 1.82) is 0 Å². The van der Waals surface area contributed by atoms with Crippen LogP contribution >= 0.6 is 0 Å². The van der Waals surface area contributed by atoms with E-state index in [1.165, 1.54) is 37.4 Å². The normalized spacial score (nSPS) is 12.3. The molecule has 7 heteroatoms. The van der Waals surface area contributed by atoms with Gasteiger partial charge in [-0.25, -0.2) is 0 Å². The van der Waals surface area contributed by atoms with E-state index in [4.69, 9.17) is 6.42 Å². The number of carbonyl (C=O) groups is 2. The number of esters is 1. The van der Waals surface area contributed by atoms with Crippen LogP contribution in [0.25, 0.3) is 11.3 Å². The molecule has 0 aliphatic heterocycles. The Morgan fingerprint density at radius 1 is 1.23 bits per heavy atom. The van der Waals surface area contributed by atoms with Crippen LogP contribution in [-0.4, -0.2) is 23.8 Å². The fourth-order valence-electron chi connectivity index (χ4n) is 2.56. The Morgan fingerprint density at radius 3 is 2.54 bits per heavy atom. The van der Waals surface area contributed by atoms with Gasteiger partial charge < -0.3 is 9.72 Å². The van der Waals surface area contributed by atoms with Crippen LogP contribution in [0.4, 0.5) is 13.2 Å². The number of nitrogens with one attached hydrogen (secondary N) is 1. The summed E-state index contributed by atoms with van der Waals surface area (Å²) in [6.07, 6.45) is 0.505. The SMILES string of the molecule is C#CCC(CC(=O)c1ccc(-c2ccccc2C(F)(F)F)[nH]1)C(=O)OC. The van der Waals surface area contributed by atoms with Gasteiger partial charge in [-0.3, -0.25) is 9.59 Å². The molecule has 1 unspecified atom stereocenters. The maximum absolute atomic E-state index is 13.1. The molecule has 0 fully saturated rings. The summed E-state index contributed by atoms with van der Waals surface area (Å²) in [6, 6.07) is 7.84. The van der Waals surface area contributed by atoms with Crippen LogP contribution in [0, 0.1) is 18.3 Å². The van der Waals surface area contributed by atoms with Crippen molar-refractivity contribution < 1.29 is 27.5 Å². The molecule has 26 heavy (non-hydrogen) atoms. The molecule has 2 aromatic rings. The number of ether oxygens (including phenoxy) is 1. The zero-order valence-corrected chi connectivity index (χ0v) is 13.9. The summed E-state index contributed by atoms with van der Waals surface area (Å²) in [7, 11) is 1.19. The quantitative estimate of drug-likeness (QED) is 0.478. The third-order valence-electron chi connectivity index (χ3n) is 3.84. The number of alkyl halides is 3. The van der Waals surface area contributed by atoms with Gasteiger partial charge in [-0.2, -0.15) is 13.2 Å². The number of benzene rings is 1. The predicted octanol–water partition coefficient (Wildman–Crippen LogP) is 4.09. The Balaban J connectivity index is 2.27. The lowest BCUT2D eigenvalue weighted by Crippen LogP contribution is -2.19. The summed E-state index contributed by atoms with van der Waals surface area (Å²) in [4.78, 5) is 26.7. The molecule has 1 heterocycles. The van der Waals surface area contributed by atoms with Crippen molar-refractivity contribution in [2.45, 2.75) is 19.0 Å². The second-order valence-electron chi connectivity index (χ2n) is 5.58. The van der Waals surface area contributed by atoms with Gasteiger partial charge in [0.25, 0.3) is 0 Å². The van der Waals surface area contributed by atoms with Gasteiger partial charge in [-0.1, -0.05) is 18.2 Å². The summed E-state index contributed by atoms with van der Waals surface area (Å²) in [5.41, 5.74) is -0.608. The molecule has 1 N–H and O–H groups in total. The third kappa shape index (κ3) is 4.33. The van der Waals surface area contributed by atoms with Crippen molar-refractivity contribution >= 4 is 11.8 Å². The average molecular weight is 363 g/mol. The number of carbonyl (C=O) groups excluding carboxylic acids is 2. The number of hydrogen-bond acceptors (Lipinski definition) is 3. The van der Waals surface area contributed by atoms with Crippen LogP contribution < -0.4 is 0 Å². The number of ketones is 1. The molecule has 1 aromatic carbocycles. The van der Waals surface area contributed by atoms with Crippen LogP contribution in [0.15, 0.2) is 36.4 Å². The number of aromatic amines is 1. The number of terminal acetylenes is 1. The minimum Gasteiger partial charge on any atom is -0.469 e. The molecular weight excluding hydrogens is 347 g/mol. The third-order valence-corrected chi connectivity index (χ3v) is 3.84. The second kappa shape index (κ2) is 7.91. The van der Waals surface area contributed by atoms with Gasteiger partial charge in [0, 0.05) is 24.1 Å². The van der Waals surface area contributed by atoms with Gasteiger partial charge >= 0.3 is 12.1 Å². The van der Waals surface area contributed by atoms with E-state index in [-0.39, 0.29) is 29.8 Å². The first-order valence-electron chi connectivity index (χ1n) is 7.68. The van der Waals surface area contributed by atoms with Gasteiger partial charge in [-0.05, 0) is 18.2 Å². The Labute approximate surface area is 148 Å². The van der Waals surface area contributed by atoms with Crippen molar-refractivity contribution in [2.24, 2.45) is 5.92 Å². The number of methoxy groups -OCH3 is 1. The van der Waals surface area contributed by atoms with E-state index in [9.17, 15) is 22.8 Å². The van der Waals surface area contributed by atoms with E-state index in [0.717, 1.165) is 6.07 Å². The predicted molar refractivity (Wildman–Crippen MR) is 89.1 cm³/mol. The number of hydrogen-bond donors (Lipinski definition) is 1. The molecule has 2 rings (SSSR count). The monoisotopic (exact) mass is 363 g/mol. The molecule has 0 radical (unpaired) electrons. The van der Waals surface area contributed by atoms with Crippen molar-refractivity contribution in [2.75, 3.05) is 7.11 Å². The maximum Gasteiger partial charge on any atom is 0.417 e. The van der Waals surface area contributed by atoms with Crippen LogP contribution in [-0.2, 0) is 15.7 Å². The standard InChI is InChI=1S/C19H16F3NO3/c1-3-6-12(18(25)26-2)11-17(24)16-10-9-15(23-16)13-7-4-5-8-14(13)19(20,21)22/h1,4-5,7-10,12,23H,6,11H2,2H3. The van der Waals surface area contributed by atoms with Crippen LogP contribution in [0.2, 0.25) is 0 Å². The molecule has 0 saturated heterocycles. The minimum absolute atomic E-state index is 0.0306. The molecule has 1 aromatic heterocycles. The number of aromatic nitrogens is 1. The highest BCUT2D eigenvalue weighted by molar-refractivity contribution is 5.97. The van der Waals surface area contributed by atoms with Crippen molar-refractivity contribution in [3.63, 3.8) is 0 Å². The number of Topliss-reactive ketones (excluding diaryl/α,β-unsaturated/α-hetero) is 1. The molecule has 136 valence electrons. The first-order valence-corrected chi connectivity index (χ1v) is 7.68. The Hall–Kier alpha value is -3.01. The second-order valence-corrected chi connectivity index (χ2v) is 5.58. The molecule has 0 bridgehead atoms. The highest BCUT2D eigenvalue weighted by Gasteiger charge is 2.33. The molecule has 0 aliphatic rings. The fourth-order valence-corrected chi connectivity index (χ4v) is 2.56. The van der Waals surface area contributed by atoms with Crippen LogP contribution in [0.1, 0.15) is 28.9 Å². The maximum atomic E-state index is 13.1.